The van der Waals surface area contributed by atoms with Gasteiger partial charge in [0.05, 0.1) is 11.1 Å². The van der Waals surface area contributed by atoms with Gasteiger partial charge in [0, 0.05) is 62.2 Å². The molecule has 0 bridgehead atoms. The normalized spacial score (nSPS) is 19.6. The van der Waals surface area contributed by atoms with Gasteiger partial charge in [-0.15, -0.1) is 0 Å². The number of likely N-dealkylation sites (tertiary alicyclic amines) is 1. The maximum absolute atomic E-state index is 14.8. The van der Waals surface area contributed by atoms with Crippen LogP contribution < -0.4 is 5.32 Å². The van der Waals surface area contributed by atoms with Crippen molar-refractivity contribution in [2.75, 3.05) is 19.6 Å². The zero-order valence-corrected chi connectivity index (χ0v) is 22.3. The van der Waals surface area contributed by atoms with E-state index >= 15 is 0 Å². The Labute approximate surface area is 227 Å². The van der Waals surface area contributed by atoms with Gasteiger partial charge < -0.3 is 10.2 Å². The number of hydrogen-bond acceptors (Lipinski definition) is 6. The van der Waals surface area contributed by atoms with E-state index in [-0.39, 0.29) is 17.7 Å². The molecular weight excluding hydrogens is 553 g/mol. The highest BCUT2D eigenvalue weighted by Crippen LogP contribution is 2.33. The molecular formula is C27H27BrFN7O2. The number of fused-ring (bicyclic) bond motifs is 2. The third kappa shape index (κ3) is 4.87. The van der Waals surface area contributed by atoms with Gasteiger partial charge in [0.1, 0.15) is 15.9 Å². The molecule has 0 radical (unpaired) electrons. The molecule has 0 unspecified atom stereocenters. The Balaban J connectivity index is 1.14. The molecule has 1 saturated heterocycles. The summed E-state index contributed by atoms with van der Waals surface area (Å²) in [6.07, 6.45) is 8.01. The maximum atomic E-state index is 14.8. The summed E-state index contributed by atoms with van der Waals surface area (Å²) in [6, 6.07) is 6.84. The molecule has 6 rings (SSSR count). The molecule has 2 aliphatic rings. The number of hydrogen-bond donors (Lipinski definition) is 1. The summed E-state index contributed by atoms with van der Waals surface area (Å²) in [4.78, 5) is 39.8. The smallest absolute Gasteiger partial charge is 0.223 e. The number of benzene rings is 1. The molecule has 1 saturated carbocycles. The summed E-state index contributed by atoms with van der Waals surface area (Å²) < 4.78 is 17.0. The minimum Gasteiger partial charge on any atom is -0.354 e. The van der Waals surface area contributed by atoms with Crippen molar-refractivity contribution in [2.24, 2.45) is 11.8 Å². The first-order chi connectivity index (χ1) is 18.5. The lowest BCUT2D eigenvalue weighted by Crippen LogP contribution is -2.37. The molecule has 1 aromatic carbocycles. The summed E-state index contributed by atoms with van der Waals surface area (Å²) in [5.41, 5.74) is 1.45. The van der Waals surface area contributed by atoms with Crippen LogP contribution in [0, 0.1) is 17.7 Å². The number of halogens is 2. The summed E-state index contributed by atoms with van der Waals surface area (Å²) >= 11 is 3.48. The van der Waals surface area contributed by atoms with Crippen LogP contribution >= 0.6 is 15.9 Å². The Morgan fingerprint density at radius 1 is 1.24 bits per heavy atom. The highest BCUT2D eigenvalue weighted by molar-refractivity contribution is 9.10. The molecule has 4 heterocycles. The average molecular weight is 580 g/mol. The molecule has 1 N–H and O–H groups in total. The van der Waals surface area contributed by atoms with Crippen LogP contribution in [0.3, 0.4) is 0 Å². The number of carbonyl (C=O) groups is 2. The molecule has 1 aliphatic carbocycles. The van der Waals surface area contributed by atoms with Crippen molar-refractivity contribution in [2.45, 2.75) is 38.5 Å². The molecule has 196 valence electrons. The van der Waals surface area contributed by atoms with E-state index in [9.17, 15) is 14.0 Å². The Kier molecular flexibility index (Phi) is 6.77. The van der Waals surface area contributed by atoms with Gasteiger partial charge in [0.15, 0.2) is 11.5 Å². The topological polar surface area (TPSA) is 106 Å². The molecule has 9 nitrogen and oxygen atoms in total. The van der Waals surface area contributed by atoms with Crippen LogP contribution in [0.25, 0.3) is 27.6 Å². The lowest BCUT2D eigenvalue weighted by molar-refractivity contribution is -0.129. The number of pyridine rings is 1. The fraction of sp³-hybridized carbons (Fsp3) is 0.407. The first kappa shape index (κ1) is 24.8. The zero-order valence-electron chi connectivity index (χ0n) is 20.7. The Morgan fingerprint density at radius 3 is 2.97 bits per heavy atom. The Morgan fingerprint density at radius 2 is 2.13 bits per heavy atom. The van der Waals surface area contributed by atoms with E-state index in [1.54, 1.807) is 23.1 Å². The van der Waals surface area contributed by atoms with Crippen molar-refractivity contribution < 1.29 is 14.0 Å². The minimum atomic E-state index is -0.422. The summed E-state index contributed by atoms with van der Waals surface area (Å²) in [6.45, 7) is 1.86. The zero-order chi connectivity index (χ0) is 26.2. The van der Waals surface area contributed by atoms with Crippen LogP contribution in [0.1, 0.15) is 37.9 Å². The molecule has 3 aromatic heterocycles. The van der Waals surface area contributed by atoms with Crippen molar-refractivity contribution >= 4 is 49.7 Å². The van der Waals surface area contributed by atoms with Crippen LogP contribution in [0.2, 0.25) is 0 Å². The fourth-order valence-electron chi connectivity index (χ4n) is 5.59. The number of rotatable bonds is 7. The molecule has 2 fully saturated rings. The van der Waals surface area contributed by atoms with Gasteiger partial charge in [-0.05, 0) is 59.7 Å². The molecule has 1 aliphatic heterocycles. The largest absolute Gasteiger partial charge is 0.354 e. The predicted molar refractivity (Wildman–Crippen MR) is 143 cm³/mol. The van der Waals surface area contributed by atoms with E-state index in [1.807, 2.05) is 17.0 Å². The fourth-order valence-corrected chi connectivity index (χ4v) is 6.03. The van der Waals surface area contributed by atoms with Gasteiger partial charge in [-0.25, -0.2) is 19.0 Å². The second kappa shape index (κ2) is 10.4. The molecule has 2 atom stereocenters. The molecule has 4 aromatic rings. The summed E-state index contributed by atoms with van der Waals surface area (Å²) in [7, 11) is 0. The van der Waals surface area contributed by atoms with Crippen LogP contribution in [-0.2, 0) is 16.0 Å². The molecule has 0 spiro atoms. The Hall–Kier alpha value is -3.47. The number of amides is 2. The van der Waals surface area contributed by atoms with Crippen molar-refractivity contribution in [3.05, 3.63) is 52.9 Å². The Bertz CT molecular complexity index is 1540. The van der Waals surface area contributed by atoms with E-state index in [0.29, 0.717) is 64.5 Å². The van der Waals surface area contributed by atoms with Crippen molar-refractivity contribution in [3.8, 4) is 5.69 Å². The van der Waals surface area contributed by atoms with Gasteiger partial charge in [0.2, 0.25) is 11.8 Å². The average Bonchev–Trinajstić information content (AvgIpc) is 3.63. The van der Waals surface area contributed by atoms with E-state index in [0.717, 1.165) is 37.6 Å². The lowest BCUT2D eigenvalue weighted by Gasteiger charge is -2.17. The summed E-state index contributed by atoms with van der Waals surface area (Å²) in [5, 5.41) is 8.97. The second-order valence-electron chi connectivity index (χ2n) is 10.1. The van der Waals surface area contributed by atoms with Crippen molar-refractivity contribution in [1.29, 1.82) is 0 Å². The SMILES string of the molecule is O=C(NCCN1CCCC1=O)[C@@H]1CC[C@@H](Cc2ncc3c(Br)nn(-c4cc(F)c5ncccc5c4)c3n2)C1. The van der Waals surface area contributed by atoms with E-state index in [2.05, 4.69) is 36.3 Å². The van der Waals surface area contributed by atoms with Gasteiger partial charge in [0.25, 0.3) is 0 Å². The molecule has 38 heavy (non-hydrogen) atoms. The van der Waals surface area contributed by atoms with Crippen LogP contribution in [-0.4, -0.2) is 61.1 Å². The van der Waals surface area contributed by atoms with Gasteiger partial charge in [-0.1, -0.05) is 6.07 Å². The van der Waals surface area contributed by atoms with Crippen LogP contribution in [0.5, 0.6) is 0 Å². The number of carbonyl (C=O) groups excluding carboxylic acids is 2. The third-order valence-electron chi connectivity index (χ3n) is 7.55. The third-order valence-corrected chi connectivity index (χ3v) is 8.14. The van der Waals surface area contributed by atoms with Crippen LogP contribution in [0.4, 0.5) is 4.39 Å². The van der Waals surface area contributed by atoms with E-state index in [1.165, 1.54) is 6.07 Å². The monoisotopic (exact) mass is 579 g/mol. The van der Waals surface area contributed by atoms with Crippen molar-refractivity contribution in [1.82, 2.24) is 34.9 Å². The first-order valence-electron chi connectivity index (χ1n) is 13.0. The number of nitrogens with zero attached hydrogens (tertiary/aromatic N) is 6. The van der Waals surface area contributed by atoms with Gasteiger partial charge in [-0.3, -0.25) is 14.6 Å². The predicted octanol–water partition coefficient (Wildman–Crippen LogP) is 3.96. The quantitative estimate of drug-likeness (QED) is 0.355. The van der Waals surface area contributed by atoms with Gasteiger partial charge >= 0.3 is 0 Å². The maximum Gasteiger partial charge on any atom is 0.223 e. The number of nitrogens with one attached hydrogen (secondary N) is 1. The standard InChI is InChI=1S/C27H27BrFN7O2/c28-25-20-15-32-22(12-16-5-6-18(11-16)27(38)31-8-10-35-9-2-4-23(35)37)33-26(20)36(34-25)19-13-17-3-1-7-30-24(17)21(29)14-19/h1,3,7,13-16,18H,2,4-6,8-12H2,(H,31,38)/t16-,18-/m1/s1. The lowest BCUT2D eigenvalue weighted by atomic mass is 10.0. The molecule has 11 heteroatoms. The molecule has 2 amide bonds. The first-order valence-corrected chi connectivity index (χ1v) is 13.8. The van der Waals surface area contributed by atoms with Crippen molar-refractivity contribution in [3.63, 3.8) is 0 Å². The second-order valence-corrected chi connectivity index (χ2v) is 10.8. The van der Waals surface area contributed by atoms with E-state index < -0.39 is 5.82 Å². The minimum absolute atomic E-state index is 0.0353. The highest BCUT2D eigenvalue weighted by Gasteiger charge is 2.31. The highest BCUT2D eigenvalue weighted by atomic mass is 79.9. The van der Waals surface area contributed by atoms with Gasteiger partial charge in [-0.2, -0.15) is 5.10 Å². The van der Waals surface area contributed by atoms with E-state index in [4.69, 9.17) is 4.98 Å². The number of aromatic nitrogens is 5. The van der Waals surface area contributed by atoms with Crippen LogP contribution in [0.15, 0.2) is 41.3 Å². The summed E-state index contributed by atoms with van der Waals surface area (Å²) in [5.74, 6) is 0.750.